The van der Waals surface area contributed by atoms with Crippen LogP contribution in [-0.2, 0) is 14.3 Å². The predicted octanol–water partition coefficient (Wildman–Crippen LogP) is 2.18. The van der Waals surface area contributed by atoms with Gasteiger partial charge < -0.3 is 20.1 Å². The molecule has 21 heavy (non-hydrogen) atoms. The van der Waals surface area contributed by atoms with Gasteiger partial charge in [0.1, 0.15) is 0 Å². The summed E-state index contributed by atoms with van der Waals surface area (Å²) in [6.45, 7) is 10.3. The summed E-state index contributed by atoms with van der Waals surface area (Å²) in [5, 5.41) is 25.4. The molecule has 3 N–H and O–H groups in total. The van der Waals surface area contributed by atoms with Crippen LogP contribution in [0.1, 0.15) is 13.8 Å². The number of aliphatic hydroxyl groups excluding tert-OH is 1. The van der Waals surface area contributed by atoms with Crippen molar-refractivity contribution in [3.8, 4) is 0 Å². The number of aliphatic carboxylic acids is 2. The highest BCUT2D eigenvalue weighted by Gasteiger charge is 2.09. The Morgan fingerprint density at radius 1 is 1.14 bits per heavy atom. The zero-order chi connectivity index (χ0) is 17.3. The smallest absolute Gasteiger partial charge is 0.308 e. The molecule has 0 saturated heterocycles. The van der Waals surface area contributed by atoms with Crippen LogP contribution in [0.15, 0.2) is 25.3 Å². The van der Waals surface area contributed by atoms with Gasteiger partial charge in [0, 0.05) is 5.33 Å². The molecule has 0 heterocycles. The molecule has 0 aromatic carbocycles. The third kappa shape index (κ3) is 24.2. The Morgan fingerprint density at radius 2 is 1.57 bits per heavy atom. The van der Waals surface area contributed by atoms with Crippen molar-refractivity contribution in [3.63, 3.8) is 0 Å². The number of hydrogen-bond donors (Lipinski definition) is 3. The highest BCUT2D eigenvalue weighted by molar-refractivity contribution is 9.09. The van der Waals surface area contributed by atoms with Gasteiger partial charge in [-0.1, -0.05) is 28.1 Å². The second kappa shape index (κ2) is 18.8. The number of carboxylic acid groups (broad SMARTS) is 2. The van der Waals surface area contributed by atoms with Crippen molar-refractivity contribution in [3.05, 3.63) is 25.3 Å². The average Bonchev–Trinajstić information content (AvgIpc) is 2.47. The topological polar surface area (TPSA) is 104 Å². The van der Waals surface area contributed by atoms with E-state index in [1.807, 2.05) is 0 Å². The minimum absolute atomic E-state index is 0.251. The lowest BCUT2D eigenvalue weighted by Gasteiger charge is -2.04. The number of alkyl halides is 1. The van der Waals surface area contributed by atoms with Crippen molar-refractivity contribution in [2.24, 2.45) is 11.8 Å². The quantitative estimate of drug-likeness (QED) is 0.344. The Bertz CT molecular complexity index is 293. The number of carbonyl (C=O) groups is 2. The Balaban J connectivity index is -0.000000256. The molecule has 0 aliphatic rings. The van der Waals surface area contributed by atoms with Gasteiger partial charge in [-0.2, -0.15) is 0 Å². The molecule has 0 bridgehead atoms. The molecular weight excluding hydrogens is 344 g/mol. The lowest BCUT2D eigenvalue weighted by atomic mass is 10.2. The normalized spacial score (nSPS) is 11.6. The first-order valence-electron chi connectivity index (χ1n) is 6.20. The van der Waals surface area contributed by atoms with Crippen molar-refractivity contribution in [1.82, 2.24) is 0 Å². The van der Waals surface area contributed by atoms with Gasteiger partial charge in [0.05, 0.1) is 31.7 Å². The fourth-order valence-corrected chi connectivity index (χ4v) is 0.478. The van der Waals surface area contributed by atoms with Gasteiger partial charge in [0.2, 0.25) is 0 Å². The molecule has 124 valence electrons. The van der Waals surface area contributed by atoms with Crippen LogP contribution in [0.25, 0.3) is 0 Å². The lowest BCUT2D eigenvalue weighted by Crippen LogP contribution is -2.15. The van der Waals surface area contributed by atoms with Crippen molar-refractivity contribution in [2.45, 2.75) is 13.8 Å². The minimum atomic E-state index is -0.956. The zero-order valence-corrected chi connectivity index (χ0v) is 14.1. The maximum absolute atomic E-state index is 10.2. The lowest BCUT2D eigenvalue weighted by molar-refractivity contribution is -0.143. The standard InChI is InChI=1S/C7H12O3.C4H8O3.C3H5Br/c1-3-4-10-5-6(2)7(8)9;1-3(2-5)4(6)7;1-2-3-4/h3,6H,1,4-5H2,2H3,(H,8,9);3,5H,2H2,1H3,(H,6,7);2H,1,3H2/t6-;3-;/m00./s1. The summed E-state index contributed by atoms with van der Waals surface area (Å²) in [5.41, 5.74) is 0. The van der Waals surface area contributed by atoms with E-state index in [9.17, 15) is 9.59 Å². The molecule has 0 radical (unpaired) electrons. The molecule has 0 amide bonds. The molecule has 0 rings (SSSR count). The summed E-state index contributed by atoms with van der Waals surface area (Å²) in [7, 11) is 0. The van der Waals surface area contributed by atoms with E-state index in [-0.39, 0.29) is 13.2 Å². The Morgan fingerprint density at radius 3 is 1.76 bits per heavy atom. The first kappa shape index (κ1) is 24.8. The molecule has 6 nitrogen and oxygen atoms in total. The Labute approximate surface area is 134 Å². The van der Waals surface area contributed by atoms with Gasteiger partial charge >= 0.3 is 11.9 Å². The number of rotatable bonds is 8. The van der Waals surface area contributed by atoms with Gasteiger partial charge in [-0.15, -0.1) is 13.2 Å². The van der Waals surface area contributed by atoms with Crippen LogP contribution in [0.4, 0.5) is 0 Å². The van der Waals surface area contributed by atoms with Crippen molar-refractivity contribution >= 4 is 27.9 Å². The van der Waals surface area contributed by atoms with Crippen LogP contribution in [0.3, 0.4) is 0 Å². The van der Waals surface area contributed by atoms with Crippen LogP contribution in [-0.4, -0.2) is 52.4 Å². The van der Waals surface area contributed by atoms with E-state index >= 15 is 0 Å². The molecule has 0 aromatic rings. The Hall–Kier alpha value is -1.18. The summed E-state index contributed by atoms with van der Waals surface area (Å²) in [4.78, 5) is 20.0. The van der Waals surface area contributed by atoms with E-state index < -0.39 is 23.8 Å². The molecule has 2 atom stereocenters. The maximum Gasteiger partial charge on any atom is 0.308 e. The first-order valence-corrected chi connectivity index (χ1v) is 7.32. The maximum atomic E-state index is 10.2. The fraction of sp³-hybridized carbons (Fsp3) is 0.571. The third-order valence-corrected chi connectivity index (χ3v) is 2.29. The van der Waals surface area contributed by atoms with Crippen molar-refractivity contribution in [1.29, 1.82) is 0 Å². The summed E-state index contributed by atoms with van der Waals surface area (Å²) in [6.07, 6.45) is 3.38. The second-order valence-corrected chi connectivity index (χ2v) is 4.58. The third-order valence-electron chi connectivity index (χ3n) is 1.83. The number of carboxylic acids is 2. The molecule has 0 aliphatic carbocycles. The molecule has 0 aromatic heterocycles. The number of aliphatic hydroxyl groups is 1. The largest absolute Gasteiger partial charge is 0.481 e. The molecule has 0 saturated carbocycles. The molecular formula is C14H25BrO6. The molecule has 0 aliphatic heterocycles. The van der Waals surface area contributed by atoms with E-state index in [4.69, 9.17) is 20.1 Å². The van der Waals surface area contributed by atoms with E-state index in [1.165, 1.54) is 6.92 Å². The van der Waals surface area contributed by atoms with Gasteiger partial charge in [0.25, 0.3) is 0 Å². The molecule has 0 unspecified atom stereocenters. The highest BCUT2D eigenvalue weighted by Crippen LogP contribution is 1.94. The van der Waals surface area contributed by atoms with Gasteiger partial charge in [-0.05, 0) is 13.8 Å². The number of halogens is 1. The first-order chi connectivity index (χ1) is 9.78. The predicted molar refractivity (Wildman–Crippen MR) is 85.7 cm³/mol. The summed E-state index contributed by atoms with van der Waals surface area (Å²) < 4.78 is 4.91. The van der Waals surface area contributed by atoms with Crippen molar-refractivity contribution in [2.75, 3.05) is 25.2 Å². The minimum Gasteiger partial charge on any atom is -0.481 e. The summed E-state index contributed by atoms with van der Waals surface area (Å²) in [5.74, 6) is -2.84. The summed E-state index contributed by atoms with van der Waals surface area (Å²) in [6, 6.07) is 0. The monoisotopic (exact) mass is 368 g/mol. The molecule has 0 spiro atoms. The van der Waals surface area contributed by atoms with E-state index in [1.54, 1.807) is 19.1 Å². The average molecular weight is 369 g/mol. The van der Waals surface area contributed by atoms with Gasteiger partial charge in [0.15, 0.2) is 0 Å². The van der Waals surface area contributed by atoms with Crippen LogP contribution in [0.5, 0.6) is 0 Å². The van der Waals surface area contributed by atoms with Crippen LogP contribution in [0.2, 0.25) is 0 Å². The van der Waals surface area contributed by atoms with Gasteiger partial charge in [-0.3, -0.25) is 9.59 Å². The van der Waals surface area contributed by atoms with Crippen LogP contribution >= 0.6 is 15.9 Å². The summed E-state index contributed by atoms with van der Waals surface area (Å²) >= 11 is 3.13. The highest BCUT2D eigenvalue weighted by atomic mass is 79.9. The number of hydrogen-bond acceptors (Lipinski definition) is 4. The SMILES string of the molecule is C=CCBr.C=CCOC[C@H](C)C(=O)O.C[C@@H](CO)C(=O)O. The number of ether oxygens (including phenoxy) is 1. The van der Waals surface area contributed by atoms with Crippen molar-refractivity contribution < 1.29 is 29.6 Å². The van der Waals surface area contributed by atoms with E-state index in [0.717, 1.165) is 5.33 Å². The molecule has 0 fully saturated rings. The van der Waals surface area contributed by atoms with Gasteiger partial charge in [-0.25, -0.2) is 0 Å². The van der Waals surface area contributed by atoms with E-state index in [2.05, 4.69) is 29.1 Å². The zero-order valence-electron chi connectivity index (χ0n) is 12.5. The fourth-order valence-electron chi connectivity index (χ4n) is 0.478. The van der Waals surface area contributed by atoms with E-state index in [0.29, 0.717) is 6.61 Å². The van der Waals surface area contributed by atoms with Crippen LogP contribution < -0.4 is 0 Å². The second-order valence-electron chi connectivity index (χ2n) is 3.93. The molecule has 7 heteroatoms. The van der Waals surface area contributed by atoms with Crippen LogP contribution in [0, 0.1) is 11.8 Å². The Kier molecular flexibility index (Phi) is 22.2. The number of allylic oxidation sites excluding steroid dienone is 1.